The second kappa shape index (κ2) is 5.90. The minimum absolute atomic E-state index is 0.640. The van der Waals surface area contributed by atoms with Gasteiger partial charge < -0.3 is 15.1 Å². The number of benzene rings is 1. The van der Waals surface area contributed by atoms with E-state index in [1.165, 1.54) is 5.70 Å². The van der Waals surface area contributed by atoms with Crippen LogP contribution in [0.3, 0.4) is 0 Å². The Bertz CT molecular complexity index is 805. The van der Waals surface area contributed by atoms with Crippen LogP contribution < -0.4 is 10.2 Å². The lowest BCUT2D eigenvalue weighted by Gasteiger charge is -2.38. The largest absolute Gasteiger partial charge is 0.371 e. The lowest BCUT2D eigenvalue weighted by atomic mass is 10.1. The molecule has 1 aromatic carbocycles. The predicted molar refractivity (Wildman–Crippen MR) is 91.2 cm³/mol. The second-order valence-corrected chi connectivity index (χ2v) is 5.97. The van der Waals surface area contributed by atoms with Crippen LogP contribution >= 0.6 is 0 Å². The Hall–Kier alpha value is -2.58. The van der Waals surface area contributed by atoms with Crippen LogP contribution in [-0.4, -0.2) is 49.2 Å². The molecule has 0 spiro atoms. The summed E-state index contributed by atoms with van der Waals surface area (Å²) in [6.45, 7) is 5.92. The molecule has 0 aliphatic carbocycles. The number of hydrogen-bond acceptors (Lipinski definition) is 5. The number of nitrogens with zero attached hydrogens (tertiary/aromatic N) is 4. The number of rotatable bonds is 1. The first-order chi connectivity index (χ1) is 11.3. The fourth-order valence-electron chi connectivity index (χ4n) is 3.31. The molecule has 23 heavy (non-hydrogen) atoms. The minimum atomic E-state index is 0.640. The van der Waals surface area contributed by atoms with Gasteiger partial charge in [-0.2, -0.15) is 5.26 Å². The van der Waals surface area contributed by atoms with Crippen molar-refractivity contribution in [1.29, 1.82) is 5.26 Å². The summed E-state index contributed by atoms with van der Waals surface area (Å²) in [5.74, 6) is 0.956. The summed E-state index contributed by atoms with van der Waals surface area (Å²) in [7, 11) is 0. The van der Waals surface area contributed by atoms with Gasteiger partial charge in [0.1, 0.15) is 11.9 Å². The molecule has 1 fully saturated rings. The van der Waals surface area contributed by atoms with Crippen LogP contribution in [0.5, 0.6) is 0 Å². The highest BCUT2D eigenvalue weighted by Gasteiger charge is 2.22. The summed E-state index contributed by atoms with van der Waals surface area (Å²) in [4.78, 5) is 9.54. The second-order valence-electron chi connectivity index (χ2n) is 5.97. The van der Waals surface area contributed by atoms with E-state index in [-0.39, 0.29) is 0 Å². The van der Waals surface area contributed by atoms with Crippen molar-refractivity contribution in [3.05, 3.63) is 47.7 Å². The molecule has 2 aliphatic rings. The van der Waals surface area contributed by atoms with Crippen molar-refractivity contribution < 1.29 is 0 Å². The van der Waals surface area contributed by atoms with Gasteiger partial charge in [-0.1, -0.05) is 12.1 Å². The maximum atomic E-state index is 9.30. The number of aromatic nitrogens is 1. The average molecular weight is 305 g/mol. The van der Waals surface area contributed by atoms with Crippen molar-refractivity contribution in [3.63, 3.8) is 0 Å². The topological polar surface area (TPSA) is 55.2 Å². The normalized spacial score (nSPS) is 18.1. The number of para-hydroxylation sites is 1. The highest BCUT2D eigenvalue weighted by molar-refractivity contribution is 5.85. The molecule has 0 atom stereocenters. The van der Waals surface area contributed by atoms with Gasteiger partial charge in [0.05, 0.1) is 17.6 Å². The van der Waals surface area contributed by atoms with E-state index in [1.54, 1.807) is 0 Å². The number of hydrogen-bond donors (Lipinski definition) is 1. The third-order valence-electron chi connectivity index (χ3n) is 4.59. The molecule has 0 radical (unpaired) electrons. The SMILES string of the molecule is N#Cc1cccc2ccc(N3CCN4CCNCC=C4C3)nc12. The van der Waals surface area contributed by atoms with Gasteiger partial charge in [-0.05, 0) is 24.3 Å². The molecule has 0 bridgehead atoms. The Kier molecular flexibility index (Phi) is 3.60. The van der Waals surface area contributed by atoms with Crippen LogP contribution in [0.1, 0.15) is 5.56 Å². The van der Waals surface area contributed by atoms with E-state index in [2.05, 4.69) is 39.4 Å². The lowest BCUT2D eigenvalue weighted by molar-refractivity contribution is 0.325. The summed E-state index contributed by atoms with van der Waals surface area (Å²) in [6.07, 6.45) is 2.28. The van der Waals surface area contributed by atoms with Gasteiger partial charge >= 0.3 is 0 Å². The smallest absolute Gasteiger partial charge is 0.129 e. The molecular formula is C18H19N5. The highest BCUT2D eigenvalue weighted by atomic mass is 15.3. The highest BCUT2D eigenvalue weighted by Crippen LogP contribution is 2.24. The molecule has 3 heterocycles. The fourth-order valence-corrected chi connectivity index (χ4v) is 3.31. The van der Waals surface area contributed by atoms with Gasteiger partial charge in [0.25, 0.3) is 0 Å². The van der Waals surface area contributed by atoms with E-state index in [4.69, 9.17) is 4.98 Å². The number of fused-ring (bicyclic) bond motifs is 2. The van der Waals surface area contributed by atoms with Crippen LogP contribution in [0.2, 0.25) is 0 Å². The standard InChI is InChI=1S/C18H19N5/c19-12-15-3-1-2-14-4-5-17(21-18(14)15)23-11-10-22-9-8-20-7-6-16(22)13-23/h1-6,20H,7-11,13H2. The Morgan fingerprint density at radius 1 is 1.09 bits per heavy atom. The molecule has 116 valence electrons. The molecule has 5 nitrogen and oxygen atoms in total. The van der Waals surface area contributed by atoms with Crippen LogP contribution in [0.25, 0.3) is 10.9 Å². The minimum Gasteiger partial charge on any atom is -0.371 e. The van der Waals surface area contributed by atoms with E-state index in [9.17, 15) is 5.26 Å². The summed E-state index contributed by atoms with van der Waals surface area (Å²) in [6, 6.07) is 12.1. The molecule has 0 saturated carbocycles. The maximum Gasteiger partial charge on any atom is 0.129 e. The van der Waals surface area contributed by atoms with Gasteiger partial charge in [0.15, 0.2) is 0 Å². The summed E-state index contributed by atoms with van der Waals surface area (Å²) in [5, 5.41) is 13.7. The molecule has 4 rings (SSSR count). The number of nitriles is 1. The number of piperazine rings is 1. The number of pyridine rings is 1. The molecule has 2 aromatic rings. The van der Waals surface area contributed by atoms with Crippen LogP contribution in [0, 0.1) is 11.3 Å². The van der Waals surface area contributed by atoms with Gasteiger partial charge in [-0.15, -0.1) is 0 Å². The molecule has 0 amide bonds. The molecule has 1 aromatic heterocycles. The summed E-state index contributed by atoms with van der Waals surface area (Å²) < 4.78 is 0. The molecule has 1 saturated heterocycles. The first-order valence-electron chi connectivity index (χ1n) is 8.05. The van der Waals surface area contributed by atoms with Gasteiger partial charge in [-0.3, -0.25) is 0 Å². The van der Waals surface area contributed by atoms with E-state index < -0.39 is 0 Å². The quantitative estimate of drug-likeness (QED) is 0.869. The van der Waals surface area contributed by atoms with Crippen molar-refractivity contribution >= 4 is 16.7 Å². The summed E-state index contributed by atoms with van der Waals surface area (Å²) >= 11 is 0. The Balaban J connectivity index is 1.67. The van der Waals surface area contributed by atoms with E-state index in [1.807, 2.05) is 18.2 Å². The third kappa shape index (κ3) is 2.62. The molecular weight excluding hydrogens is 286 g/mol. The number of anilines is 1. The molecule has 5 heteroatoms. The predicted octanol–water partition coefficient (Wildman–Crippen LogP) is 1.72. The van der Waals surface area contributed by atoms with Crippen molar-refractivity contribution in [2.45, 2.75) is 0 Å². The zero-order valence-corrected chi connectivity index (χ0v) is 13.0. The van der Waals surface area contributed by atoms with Crippen LogP contribution in [0.15, 0.2) is 42.1 Å². The molecule has 1 N–H and O–H groups in total. The maximum absolute atomic E-state index is 9.30. The Labute approximate surface area is 135 Å². The first-order valence-corrected chi connectivity index (χ1v) is 8.05. The molecule has 2 aliphatic heterocycles. The number of nitrogens with one attached hydrogen (secondary N) is 1. The average Bonchev–Trinajstić information content (AvgIpc) is 2.85. The van der Waals surface area contributed by atoms with Crippen molar-refractivity contribution in [3.8, 4) is 6.07 Å². The van der Waals surface area contributed by atoms with Crippen LogP contribution in [0.4, 0.5) is 5.82 Å². The summed E-state index contributed by atoms with van der Waals surface area (Å²) in [5.41, 5.74) is 2.81. The van der Waals surface area contributed by atoms with Crippen molar-refractivity contribution in [1.82, 2.24) is 15.2 Å². The Morgan fingerprint density at radius 2 is 2.00 bits per heavy atom. The third-order valence-corrected chi connectivity index (χ3v) is 4.59. The van der Waals surface area contributed by atoms with E-state index in [0.29, 0.717) is 5.56 Å². The van der Waals surface area contributed by atoms with Gasteiger partial charge in [-0.25, -0.2) is 4.98 Å². The van der Waals surface area contributed by atoms with Crippen molar-refractivity contribution in [2.24, 2.45) is 0 Å². The van der Waals surface area contributed by atoms with Crippen LogP contribution in [-0.2, 0) is 0 Å². The Morgan fingerprint density at radius 3 is 2.91 bits per heavy atom. The van der Waals surface area contributed by atoms with Gasteiger partial charge in [0.2, 0.25) is 0 Å². The monoisotopic (exact) mass is 305 g/mol. The van der Waals surface area contributed by atoms with Gasteiger partial charge in [0, 0.05) is 43.8 Å². The fraction of sp³-hybridized carbons (Fsp3) is 0.333. The molecule has 0 unspecified atom stereocenters. The zero-order valence-electron chi connectivity index (χ0n) is 13.0. The van der Waals surface area contributed by atoms with E-state index >= 15 is 0 Å². The first kappa shape index (κ1) is 14.0. The lowest BCUT2D eigenvalue weighted by Crippen LogP contribution is -2.45. The zero-order chi connectivity index (χ0) is 15.6. The van der Waals surface area contributed by atoms with E-state index in [0.717, 1.165) is 56.0 Å². The van der Waals surface area contributed by atoms with Crippen molar-refractivity contribution in [2.75, 3.05) is 44.2 Å².